The number of thioether (sulfide) groups is 1. The van der Waals surface area contributed by atoms with Crippen LogP contribution in [0.1, 0.15) is 33.1 Å². The van der Waals surface area contributed by atoms with E-state index >= 15 is 0 Å². The molecule has 2 rings (SSSR count). The van der Waals surface area contributed by atoms with Crippen molar-refractivity contribution in [2.24, 2.45) is 0 Å². The van der Waals surface area contributed by atoms with Gasteiger partial charge in [0.1, 0.15) is 0 Å². The number of carbonyl (C=O) groups excluding carboxylic acids is 1. The van der Waals surface area contributed by atoms with Crippen LogP contribution in [0.2, 0.25) is 0 Å². The number of nitriles is 1. The van der Waals surface area contributed by atoms with Crippen LogP contribution < -0.4 is 10.6 Å². The van der Waals surface area contributed by atoms with Crippen molar-refractivity contribution in [1.82, 2.24) is 0 Å². The Morgan fingerprint density at radius 2 is 2.25 bits per heavy atom. The zero-order chi connectivity index (χ0) is 14.8. The summed E-state index contributed by atoms with van der Waals surface area (Å²) < 4.78 is -0.451. The Kier molecular flexibility index (Phi) is 4.24. The molecule has 0 aliphatic carbocycles. The molecule has 0 bridgehead atoms. The minimum Gasteiger partial charge on any atom is -0.399 e. The van der Waals surface area contributed by atoms with E-state index in [0.717, 1.165) is 17.0 Å². The van der Waals surface area contributed by atoms with Crippen LogP contribution in [-0.4, -0.2) is 17.2 Å². The van der Waals surface area contributed by atoms with Crippen molar-refractivity contribution in [3.05, 3.63) is 18.2 Å². The minimum absolute atomic E-state index is 0.125. The van der Waals surface area contributed by atoms with Gasteiger partial charge >= 0.3 is 0 Å². The Morgan fingerprint density at radius 1 is 1.50 bits per heavy atom. The summed E-state index contributed by atoms with van der Waals surface area (Å²) in [6, 6.07) is 7.77. The van der Waals surface area contributed by atoms with Gasteiger partial charge in [-0.05, 0) is 38.0 Å². The molecule has 0 saturated heterocycles. The lowest BCUT2D eigenvalue weighted by Crippen LogP contribution is -2.48. The molecule has 1 amide bonds. The second-order valence-corrected chi connectivity index (χ2v) is 6.68. The summed E-state index contributed by atoms with van der Waals surface area (Å²) >= 11 is 1.59. The average Bonchev–Trinajstić information content (AvgIpc) is 2.43. The highest BCUT2D eigenvalue weighted by Crippen LogP contribution is 2.47. The van der Waals surface area contributed by atoms with Gasteiger partial charge in [-0.15, -0.1) is 11.8 Å². The molecule has 1 aromatic rings. The molecule has 1 atom stereocenters. The van der Waals surface area contributed by atoms with Crippen LogP contribution in [0.5, 0.6) is 0 Å². The molecule has 0 saturated carbocycles. The van der Waals surface area contributed by atoms with Crippen molar-refractivity contribution in [3.63, 3.8) is 0 Å². The molecule has 0 aromatic heterocycles. The molecule has 4 nitrogen and oxygen atoms in total. The van der Waals surface area contributed by atoms with Crippen LogP contribution in [-0.2, 0) is 4.79 Å². The van der Waals surface area contributed by atoms with Crippen molar-refractivity contribution in [2.45, 2.75) is 42.8 Å². The number of unbranched alkanes of at least 4 members (excludes halogenated alkanes) is 1. The first-order valence-electron chi connectivity index (χ1n) is 6.79. The highest BCUT2D eigenvalue weighted by Gasteiger charge is 2.41. The lowest BCUT2D eigenvalue weighted by molar-refractivity contribution is -0.120. The molecule has 0 fully saturated rings. The molecule has 1 heterocycles. The molecular weight excluding hydrogens is 270 g/mol. The van der Waals surface area contributed by atoms with E-state index < -0.39 is 4.75 Å². The van der Waals surface area contributed by atoms with Gasteiger partial charge in [-0.25, -0.2) is 0 Å². The summed E-state index contributed by atoms with van der Waals surface area (Å²) in [6.07, 6.45) is 1.92. The first-order valence-corrected chi connectivity index (χ1v) is 7.61. The molecule has 1 unspecified atom stereocenters. The quantitative estimate of drug-likeness (QED) is 0.682. The van der Waals surface area contributed by atoms with Crippen LogP contribution in [0.15, 0.2) is 23.1 Å². The Labute approximate surface area is 123 Å². The largest absolute Gasteiger partial charge is 0.399 e. The van der Waals surface area contributed by atoms with E-state index in [1.54, 1.807) is 11.8 Å². The number of benzene rings is 1. The van der Waals surface area contributed by atoms with E-state index in [1.807, 2.05) is 36.9 Å². The first kappa shape index (κ1) is 14.7. The van der Waals surface area contributed by atoms with Crippen molar-refractivity contribution >= 4 is 29.0 Å². The zero-order valence-electron chi connectivity index (χ0n) is 11.8. The van der Waals surface area contributed by atoms with E-state index in [4.69, 9.17) is 11.0 Å². The smallest absolute Gasteiger partial charge is 0.243 e. The molecular formula is C15H19N3OS. The number of carbonyl (C=O) groups is 1. The van der Waals surface area contributed by atoms with Crippen molar-refractivity contribution in [3.8, 4) is 6.07 Å². The summed E-state index contributed by atoms with van der Waals surface area (Å²) in [5.74, 6) is 0.125. The van der Waals surface area contributed by atoms with Gasteiger partial charge in [0.2, 0.25) is 5.91 Å². The predicted octanol–water partition coefficient (Wildman–Crippen LogP) is 3.18. The number of fused-ring (bicyclic) bond motifs is 1. The molecule has 5 heteroatoms. The second kappa shape index (κ2) is 5.76. The number of amides is 1. The number of nitrogens with zero attached hydrogens (tertiary/aromatic N) is 2. The van der Waals surface area contributed by atoms with Crippen molar-refractivity contribution < 1.29 is 4.79 Å². The lowest BCUT2D eigenvalue weighted by Gasteiger charge is -2.39. The van der Waals surface area contributed by atoms with Crippen molar-refractivity contribution in [2.75, 3.05) is 17.2 Å². The Morgan fingerprint density at radius 3 is 2.90 bits per heavy atom. The van der Waals surface area contributed by atoms with Crippen LogP contribution in [0.3, 0.4) is 0 Å². The predicted molar refractivity (Wildman–Crippen MR) is 82.6 cm³/mol. The van der Waals surface area contributed by atoms with Gasteiger partial charge in [0.15, 0.2) is 0 Å². The summed E-state index contributed by atoms with van der Waals surface area (Å²) in [6.45, 7) is 4.58. The van der Waals surface area contributed by atoms with Crippen LogP contribution in [0, 0.1) is 11.3 Å². The minimum atomic E-state index is -0.451. The third-order valence-electron chi connectivity index (χ3n) is 3.65. The number of nitrogen functional groups attached to an aromatic ring is 1. The molecule has 20 heavy (non-hydrogen) atoms. The Hall–Kier alpha value is -1.67. The summed E-state index contributed by atoms with van der Waals surface area (Å²) in [4.78, 5) is 15.6. The van der Waals surface area contributed by atoms with E-state index in [2.05, 4.69) is 6.07 Å². The van der Waals surface area contributed by atoms with Gasteiger partial charge in [0.05, 0.1) is 16.5 Å². The highest BCUT2D eigenvalue weighted by atomic mass is 32.2. The van der Waals surface area contributed by atoms with Gasteiger partial charge < -0.3 is 10.6 Å². The second-order valence-electron chi connectivity index (χ2n) is 5.13. The fraction of sp³-hybridized carbons (Fsp3) is 0.467. The fourth-order valence-electron chi connectivity index (χ4n) is 2.28. The molecule has 2 N–H and O–H groups in total. The lowest BCUT2D eigenvalue weighted by atomic mass is 10.0. The third kappa shape index (κ3) is 2.61. The molecule has 1 aliphatic rings. The summed E-state index contributed by atoms with van der Waals surface area (Å²) in [7, 11) is 0. The van der Waals surface area contributed by atoms with E-state index in [9.17, 15) is 4.79 Å². The SMILES string of the molecule is CCC1(C)Sc2cc(N)ccc2N(CCCC#N)C1=O. The van der Waals surface area contributed by atoms with Crippen LogP contribution in [0.25, 0.3) is 0 Å². The maximum atomic E-state index is 12.7. The first-order chi connectivity index (χ1) is 9.51. The van der Waals surface area contributed by atoms with Gasteiger partial charge in [-0.1, -0.05) is 6.92 Å². The van der Waals surface area contributed by atoms with Crippen LogP contribution >= 0.6 is 11.8 Å². The number of rotatable bonds is 4. The molecule has 1 aromatic carbocycles. The molecule has 1 aliphatic heterocycles. The number of hydrogen-bond acceptors (Lipinski definition) is 4. The Balaban J connectivity index is 2.38. The molecule has 106 valence electrons. The van der Waals surface area contributed by atoms with Gasteiger partial charge in [-0.3, -0.25) is 4.79 Å². The Bertz CT molecular complexity index is 567. The molecule has 0 radical (unpaired) electrons. The highest BCUT2D eigenvalue weighted by molar-refractivity contribution is 8.01. The topological polar surface area (TPSA) is 70.1 Å². The normalized spacial score (nSPS) is 21.4. The standard InChI is InChI=1S/C15H19N3OS/c1-3-15(2)14(19)18(9-5-4-8-16)12-7-6-11(17)10-13(12)20-15/h6-7,10H,3-5,9,17H2,1-2H3. The number of hydrogen-bond donors (Lipinski definition) is 1. The third-order valence-corrected chi connectivity index (χ3v) is 5.11. The zero-order valence-corrected chi connectivity index (χ0v) is 12.7. The van der Waals surface area contributed by atoms with Gasteiger partial charge in [0, 0.05) is 23.5 Å². The number of anilines is 2. The molecule has 0 spiro atoms. The van der Waals surface area contributed by atoms with E-state index in [0.29, 0.717) is 25.1 Å². The maximum Gasteiger partial charge on any atom is 0.243 e. The monoisotopic (exact) mass is 289 g/mol. The van der Waals surface area contributed by atoms with E-state index in [1.165, 1.54) is 0 Å². The van der Waals surface area contributed by atoms with Crippen molar-refractivity contribution in [1.29, 1.82) is 5.26 Å². The maximum absolute atomic E-state index is 12.7. The van der Waals surface area contributed by atoms with Gasteiger partial charge in [-0.2, -0.15) is 5.26 Å². The summed E-state index contributed by atoms with van der Waals surface area (Å²) in [5, 5.41) is 8.67. The van der Waals surface area contributed by atoms with E-state index in [-0.39, 0.29) is 5.91 Å². The van der Waals surface area contributed by atoms with Crippen LogP contribution in [0.4, 0.5) is 11.4 Å². The average molecular weight is 289 g/mol. The summed E-state index contributed by atoms with van der Waals surface area (Å²) in [5.41, 5.74) is 7.48. The fourth-order valence-corrected chi connectivity index (χ4v) is 3.58. The number of nitrogens with two attached hydrogens (primary N) is 1. The van der Waals surface area contributed by atoms with Gasteiger partial charge in [0.25, 0.3) is 0 Å².